The van der Waals surface area contributed by atoms with E-state index in [9.17, 15) is 0 Å². The first-order chi connectivity index (χ1) is 21.9. The van der Waals surface area contributed by atoms with Crippen LogP contribution in [0.3, 0.4) is 0 Å². The minimum absolute atomic E-state index is 0.0949. The number of hydrogen-bond donors (Lipinski definition) is 0. The van der Waals surface area contributed by atoms with E-state index in [0.29, 0.717) is 0 Å². The van der Waals surface area contributed by atoms with Crippen molar-refractivity contribution in [1.29, 1.82) is 0 Å². The van der Waals surface area contributed by atoms with E-state index in [1.807, 2.05) is 36.4 Å². The van der Waals surface area contributed by atoms with Crippen LogP contribution in [0.1, 0.15) is 41.5 Å². The lowest BCUT2D eigenvalue weighted by Gasteiger charge is -2.40. The van der Waals surface area contributed by atoms with Gasteiger partial charge in [-0.3, -0.25) is 0 Å². The van der Waals surface area contributed by atoms with Crippen molar-refractivity contribution in [2.75, 3.05) is 28.4 Å². The standard InChI is InChI=1S/C38H44O6P2/c1-37(2,3)45-33-23(31-25(39-7)17-13-18-26(31)40-8)15-11-21-29(33)43-35(45)36-44-30-22-12-16-24(34(30)46(36)38(4,5)6)32-27(41-9)19-14-20-28(32)42-10/h11-22,35-36H,1-10H3/t35-,36+,45+,46-. The lowest BCUT2D eigenvalue weighted by Crippen LogP contribution is -2.38. The first-order valence-corrected chi connectivity index (χ1v) is 18.4. The molecule has 0 saturated carbocycles. The summed E-state index contributed by atoms with van der Waals surface area (Å²) in [7, 11) is 5.03. The van der Waals surface area contributed by atoms with Crippen molar-refractivity contribution in [3.8, 4) is 56.8 Å². The van der Waals surface area contributed by atoms with E-state index in [-0.39, 0.29) is 22.0 Å². The molecule has 0 radical (unpaired) electrons. The molecule has 242 valence electrons. The Morgan fingerprint density at radius 1 is 0.478 bits per heavy atom. The minimum atomic E-state index is -0.906. The first kappa shape index (κ1) is 32.5. The quantitative estimate of drug-likeness (QED) is 0.185. The number of benzene rings is 4. The molecule has 0 amide bonds. The van der Waals surface area contributed by atoms with Gasteiger partial charge in [-0.1, -0.05) is 77.9 Å². The maximum Gasteiger partial charge on any atom is 0.162 e. The van der Waals surface area contributed by atoms with Gasteiger partial charge in [0, 0.05) is 21.7 Å². The highest BCUT2D eigenvalue weighted by atomic mass is 31.1. The molecule has 4 aromatic carbocycles. The van der Waals surface area contributed by atoms with Crippen molar-refractivity contribution in [3.63, 3.8) is 0 Å². The van der Waals surface area contributed by atoms with Gasteiger partial charge in [0.05, 0.1) is 39.6 Å². The molecule has 4 aromatic rings. The zero-order chi connectivity index (χ0) is 33.0. The van der Waals surface area contributed by atoms with Crippen molar-refractivity contribution < 1.29 is 28.4 Å². The van der Waals surface area contributed by atoms with Gasteiger partial charge in [-0.15, -0.1) is 0 Å². The minimum Gasteiger partial charge on any atom is -0.496 e. The molecule has 0 fully saturated rings. The zero-order valence-electron chi connectivity index (χ0n) is 28.4. The van der Waals surface area contributed by atoms with Crippen molar-refractivity contribution in [2.24, 2.45) is 0 Å². The molecule has 0 aromatic heterocycles. The summed E-state index contributed by atoms with van der Waals surface area (Å²) < 4.78 is 37.8. The van der Waals surface area contributed by atoms with E-state index in [1.165, 1.54) is 10.6 Å². The smallest absolute Gasteiger partial charge is 0.162 e. The summed E-state index contributed by atoms with van der Waals surface area (Å²) in [5.74, 6) is 4.58. The molecule has 0 aliphatic carbocycles. The Kier molecular flexibility index (Phi) is 8.68. The molecule has 6 rings (SSSR count). The van der Waals surface area contributed by atoms with Crippen LogP contribution in [-0.4, -0.2) is 50.4 Å². The van der Waals surface area contributed by atoms with E-state index in [4.69, 9.17) is 28.4 Å². The van der Waals surface area contributed by atoms with E-state index in [2.05, 4.69) is 77.9 Å². The predicted molar refractivity (Wildman–Crippen MR) is 191 cm³/mol. The SMILES string of the molecule is COc1cccc(OC)c1-c1cccc2c1[P@@](C(C)(C)C)[C@@H]([C@@H]1Oc3cccc(-c4c(OC)cccc4OC)c3[P@]1C(C)(C)C)O2. The van der Waals surface area contributed by atoms with Crippen LogP contribution in [0.25, 0.3) is 22.3 Å². The fraction of sp³-hybridized carbons (Fsp3) is 0.368. The molecule has 4 atom stereocenters. The van der Waals surface area contributed by atoms with Gasteiger partial charge in [0.25, 0.3) is 0 Å². The Labute approximate surface area is 275 Å². The van der Waals surface area contributed by atoms with Crippen molar-refractivity contribution in [2.45, 2.75) is 63.5 Å². The monoisotopic (exact) mass is 658 g/mol. The van der Waals surface area contributed by atoms with Gasteiger partial charge >= 0.3 is 0 Å². The molecular weight excluding hydrogens is 614 g/mol. The van der Waals surface area contributed by atoms with E-state index in [1.54, 1.807) is 28.4 Å². The van der Waals surface area contributed by atoms with Crippen LogP contribution in [0, 0.1) is 0 Å². The molecule has 2 aliphatic heterocycles. The highest BCUT2D eigenvalue weighted by molar-refractivity contribution is 7.72. The second-order valence-electron chi connectivity index (χ2n) is 13.5. The van der Waals surface area contributed by atoms with Crippen LogP contribution in [-0.2, 0) is 0 Å². The molecule has 46 heavy (non-hydrogen) atoms. The van der Waals surface area contributed by atoms with E-state index in [0.717, 1.165) is 56.8 Å². The third-order valence-electron chi connectivity index (χ3n) is 8.57. The van der Waals surface area contributed by atoms with Gasteiger partial charge in [0.15, 0.2) is 11.7 Å². The third-order valence-corrected chi connectivity index (χ3v) is 15.4. The van der Waals surface area contributed by atoms with Crippen molar-refractivity contribution >= 4 is 26.5 Å². The maximum atomic E-state index is 7.12. The van der Waals surface area contributed by atoms with Gasteiger partial charge in [0.1, 0.15) is 34.5 Å². The molecular formula is C38H44O6P2. The van der Waals surface area contributed by atoms with E-state index < -0.39 is 15.8 Å². The number of fused-ring (bicyclic) bond motifs is 2. The lowest BCUT2D eigenvalue weighted by atomic mass is 10.0. The summed E-state index contributed by atoms with van der Waals surface area (Å²) in [6.45, 7) is 14.0. The van der Waals surface area contributed by atoms with Gasteiger partial charge in [-0.05, 0) is 62.6 Å². The van der Waals surface area contributed by atoms with Crippen molar-refractivity contribution in [3.05, 3.63) is 72.8 Å². The zero-order valence-corrected chi connectivity index (χ0v) is 30.2. The summed E-state index contributed by atoms with van der Waals surface area (Å²) in [6.07, 6.45) is 0. The van der Waals surface area contributed by atoms with E-state index >= 15 is 0 Å². The summed E-state index contributed by atoms with van der Waals surface area (Å²) in [6, 6.07) is 24.6. The number of methoxy groups -OCH3 is 4. The molecule has 2 heterocycles. The Morgan fingerprint density at radius 2 is 0.783 bits per heavy atom. The number of rotatable bonds is 7. The molecule has 0 bridgehead atoms. The molecule has 8 heteroatoms. The Balaban J connectivity index is 1.54. The first-order valence-electron chi connectivity index (χ1n) is 15.5. The van der Waals surface area contributed by atoms with Crippen LogP contribution >= 0.6 is 15.8 Å². The van der Waals surface area contributed by atoms with Crippen LogP contribution in [0.2, 0.25) is 0 Å². The molecule has 0 unspecified atom stereocenters. The van der Waals surface area contributed by atoms with Crippen LogP contribution in [0.15, 0.2) is 72.8 Å². The number of hydrogen-bond acceptors (Lipinski definition) is 6. The Hall–Kier alpha value is -3.46. The molecule has 2 aliphatic rings. The predicted octanol–water partition coefficient (Wildman–Crippen LogP) is 9.00. The van der Waals surface area contributed by atoms with Gasteiger partial charge < -0.3 is 28.4 Å². The van der Waals surface area contributed by atoms with Gasteiger partial charge in [-0.25, -0.2) is 0 Å². The highest BCUT2D eigenvalue weighted by Gasteiger charge is 2.55. The van der Waals surface area contributed by atoms with Crippen LogP contribution < -0.4 is 39.0 Å². The Bertz CT molecular complexity index is 1580. The van der Waals surface area contributed by atoms with Gasteiger partial charge in [-0.2, -0.15) is 0 Å². The fourth-order valence-electron chi connectivity index (χ4n) is 6.79. The fourth-order valence-corrected chi connectivity index (χ4v) is 13.7. The van der Waals surface area contributed by atoms with Gasteiger partial charge in [0.2, 0.25) is 0 Å². The topological polar surface area (TPSA) is 55.4 Å². The average Bonchev–Trinajstić information content (AvgIpc) is 3.63. The van der Waals surface area contributed by atoms with Crippen LogP contribution in [0.4, 0.5) is 0 Å². The molecule has 0 saturated heterocycles. The summed E-state index contributed by atoms with van der Waals surface area (Å²) in [4.78, 5) is 0. The molecule has 0 N–H and O–H groups in total. The maximum absolute atomic E-state index is 7.12. The molecule has 6 nitrogen and oxygen atoms in total. The van der Waals surface area contributed by atoms with Crippen LogP contribution in [0.5, 0.6) is 34.5 Å². The van der Waals surface area contributed by atoms with Crippen molar-refractivity contribution in [1.82, 2.24) is 0 Å². The third kappa shape index (κ3) is 5.38. The lowest BCUT2D eigenvalue weighted by molar-refractivity contribution is 0.171. The highest BCUT2D eigenvalue weighted by Crippen LogP contribution is 2.70. The summed E-state index contributed by atoms with van der Waals surface area (Å²) in [5.41, 5.74) is 4.07. The second kappa shape index (κ2) is 12.3. The second-order valence-corrected chi connectivity index (χ2v) is 19.6. The Morgan fingerprint density at radius 3 is 1.07 bits per heavy atom. The largest absolute Gasteiger partial charge is 0.496 e. The average molecular weight is 659 g/mol. The summed E-state index contributed by atoms with van der Waals surface area (Å²) in [5, 5.41) is 2.27. The molecule has 0 spiro atoms. The summed E-state index contributed by atoms with van der Waals surface area (Å²) >= 11 is 0. The normalized spacial score (nSPS) is 20.3. The number of ether oxygens (including phenoxy) is 6.